The van der Waals surface area contributed by atoms with Crippen molar-refractivity contribution in [2.75, 3.05) is 0 Å². The summed E-state index contributed by atoms with van der Waals surface area (Å²) in [5.74, 6) is 0.759. The van der Waals surface area contributed by atoms with Gasteiger partial charge < -0.3 is 0 Å². The normalized spacial score (nSPS) is 11.3. The second-order valence-corrected chi connectivity index (χ2v) is 4.67. The molecule has 0 saturated heterocycles. The molecule has 4 nitrogen and oxygen atoms in total. The molecular weight excluding hydrogens is 291 g/mol. The third-order valence-electron chi connectivity index (χ3n) is 2.33. The van der Waals surface area contributed by atoms with Gasteiger partial charge in [-0.15, -0.1) is 0 Å². The lowest BCUT2D eigenvalue weighted by molar-refractivity contribution is 0.780. The van der Waals surface area contributed by atoms with Crippen molar-refractivity contribution in [1.29, 1.82) is 0 Å². The van der Waals surface area contributed by atoms with Crippen molar-refractivity contribution < 1.29 is 0 Å². The predicted octanol–water partition coefficient (Wildman–Crippen LogP) is 3.69. The number of rotatable bonds is 3. The highest BCUT2D eigenvalue weighted by molar-refractivity contribution is 7.71. The van der Waals surface area contributed by atoms with Crippen molar-refractivity contribution in [2.24, 2.45) is 5.10 Å². The molecule has 0 radical (unpaired) electrons. The number of hydrogen-bond acceptors (Lipinski definition) is 3. The third kappa shape index (κ3) is 2.63. The Kier molecular flexibility index (Phi) is 4.16. The van der Waals surface area contributed by atoms with Crippen molar-refractivity contribution in [3.63, 3.8) is 0 Å². The monoisotopic (exact) mass is 300 g/mol. The predicted molar refractivity (Wildman–Crippen MR) is 76.2 cm³/mol. The number of H-pyrrole nitrogens is 1. The van der Waals surface area contributed by atoms with Gasteiger partial charge in [0, 0.05) is 12.0 Å². The Morgan fingerprint density at radius 3 is 3.00 bits per heavy atom. The summed E-state index contributed by atoms with van der Waals surface area (Å²) in [7, 11) is 0. The third-order valence-corrected chi connectivity index (χ3v) is 3.43. The van der Waals surface area contributed by atoms with E-state index in [9.17, 15) is 0 Å². The zero-order valence-electron chi connectivity index (χ0n) is 9.52. The first-order valence-corrected chi connectivity index (χ1v) is 6.44. The molecule has 1 aromatic heterocycles. The van der Waals surface area contributed by atoms with E-state index in [2.05, 4.69) is 15.3 Å². The maximum atomic E-state index is 6.06. The fraction of sp³-hybridized carbons (Fsp3) is 0.182. The first kappa shape index (κ1) is 13.3. The highest BCUT2D eigenvalue weighted by Gasteiger charge is 2.04. The number of hydrogen-bond donors (Lipinski definition) is 1. The molecule has 7 heteroatoms. The van der Waals surface area contributed by atoms with Gasteiger partial charge in [0.2, 0.25) is 4.77 Å². The average molecular weight is 301 g/mol. The maximum absolute atomic E-state index is 6.06. The largest absolute Gasteiger partial charge is 0.250 e. The molecule has 1 N–H and O–H groups in total. The highest BCUT2D eigenvalue weighted by Crippen LogP contribution is 2.24. The van der Waals surface area contributed by atoms with Crippen LogP contribution < -0.4 is 0 Å². The van der Waals surface area contributed by atoms with Gasteiger partial charge in [0.05, 0.1) is 16.3 Å². The van der Waals surface area contributed by atoms with Crippen molar-refractivity contribution in [3.8, 4) is 0 Å². The molecule has 0 bridgehead atoms. The van der Waals surface area contributed by atoms with Crippen molar-refractivity contribution in [1.82, 2.24) is 14.9 Å². The number of aryl methyl sites for hydroxylation is 1. The van der Waals surface area contributed by atoms with E-state index in [4.69, 9.17) is 35.4 Å². The van der Waals surface area contributed by atoms with Gasteiger partial charge in [-0.3, -0.25) is 5.10 Å². The summed E-state index contributed by atoms with van der Waals surface area (Å²) in [5.41, 5.74) is 0.731. The Bertz CT molecular complexity index is 645. The molecular formula is C11H10Cl2N4S. The van der Waals surface area contributed by atoms with Gasteiger partial charge in [0.1, 0.15) is 0 Å². The lowest BCUT2D eigenvalue weighted by atomic mass is 10.2. The Hall–Kier alpha value is -1.17. The molecule has 0 fully saturated rings. The van der Waals surface area contributed by atoms with Crippen LogP contribution in [0.1, 0.15) is 18.3 Å². The van der Waals surface area contributed by atoms with Crippen LogP contribution in [-0.4, -0.2) is 21.1 Å². The minimum absolute atomic E-state index is 0.446. The molecule has 94 valence electrons. The van der Waals surface area contributed by atoms with E-state index in [1.54, 1.807) is 17.0 Å². The van der Waals surface area contributed by atoms with E-state index >= 15 is 0 Å². The van der Waals surface area contributed by atoms with Gasteiger partial charge in [0.25, 0.3) is 0 Å². The number of halogens is 2. The second kappa shape index (κ2) is 5.65. The Morgan fingerprint density at radius 1 is 1.50 bits per heavy atom. The van der Waals surface area contributed by atoms with Crippen LogP contribution in [0.4, 0.5) is 0 Å². The first-order valence-electron chi connectivity index (χ1n) is 5.28. The van der Waals surface area contributed by atoms with Gasteiger partial charge in [-0.25, -0.2) is 0 Å². The van der Waals surface area contributed by atoms with E-state index in [-0.39, 0.29) is 0 Å². The molecule has 0 amide bonds. The van der Waals surface area contributed by atoms with Crippen LogP contribution >= 0.6 is 35.4 Å². The topological polar surface area (TPSA) is 46.0 Å². The summed E-state index contributed by atoms with van der Waals surface area (Å²) in [6.45, 7) is 1.98. The molecule has 0 saturated carbocycles. The molecule has 18 heavy (non-hydrogen) atoms. The van der Waals surface area contributed by atoms with E-state index in [1.165, 1.54) is 0 Å². The van der Waals surface area contributed by atoms with Gasteiger partial charge >= 0.3 is 0 Å². The zero-order valence-corrected chi connectivity index (χ0v) is 11.9. The number of aromatic nitrogens is 3. The summed E-state index contributed by atoms with van der Waals surface area (Å²) in [6.07, 6.45) is 2.34. The fourth-order valence-electron chi connectivity index (χ4n) is 1.41. The van der Waals surface area contributed by atoms with Crippen LogP contribution in [0.3, 0.4) is 0 Å². The molecule has 1 aromatic carbocycles. The molecule has 0 aliphatic rings. The molecule has 2 aromatic rings. The molecule has 0 atom stereocenters. The molecule has 1 heterocycles. The van der Waals surface area contributed by atoms with Crippen LogP contribution in [0.5, 0.6) is 0 Å². The molecule has 0 aliphatic heterocycles. The van der Waals surface area contributed by atoms with Gasteiger partial charge in [0.15, 0.2) is 5.82 Å². The summed E-state index contributed by atoms with van der Waals surface area (Å²) in [6, 6.07) is 5.36. The van der Waals surface area contributed by atoms with Gasteiger partial charge in [-0.05, 0) is 18.3 Å². The Morgan fingerprint density at radius 2 is 2.28 bits per heavy atom. The minimum Gasteiger partial charge on any atom is -0.250 e. The Labute approximate surface area is 119 Å². The second-order valence-electron chi connectivity index (χ2n) is 3.50. The van der Waals surface area contributed by atoms with Crippen LogP contribution in [0.2, 0.25) is 10.0 Å². The summed E-state index contributed by atoms with van der Waals surface area (Å²) in [4.78, 5) is 0. The van der Waals surface area contributed by atoms with Crippen molar-refractivity contribution in [2.45, 2.75) is 13.3 Å². The van der Waals surface area contributed by atoms with E-state index in [1.807, 2.05) is 19.1 Å². The molecule has 2 rings (SSSR count). The quantitative estimate of drug-likeness (QED) is 0.694. The fourth-order valence-corrected chi connectivity index (χ4v) is 1.97. The smallest absolute Gasteiger partial charge is 0.216 e. The Balaban J connectivity index is 2.39. The number of nitrogens with zero attached hydrogens (tertiary/aromatic N) is 3. The van der Waals surface area contributed by atoms with Crippen LogP contribution in [0.15, 0.2) is 23.3 Å². The van der Waals surface area contributed by atoms with Crippen LogP contribution in [0.25, 0.3) is 0 Å². The number of nitrogens with one attached hydrogen (secondary N) is 1. The zero-order chi connectivity index (χ0) is 13.1. The highest BCUT2D eigenvalue weighted by atomic mass is 35.5. The molecule has 0 spiro atoms. The SMILES string of the molecule is CCc1n[nH]c(=S)n1/N=C\c1cccc(Cl)c1Cl. The standard InChI is InChI=1S/C11H10Cl2N4S/c1-2-9-15-16-11(18)17(9)14-6-7-4-3-5-8(12)10(7)13/h3-6H,2H2,1H3,(H,16,18)/b14-6-. The minimum atomic E-state index is 0.446. The van der Waals surface area contributed by atoms with Crippen LogP contribution in [0, 0.1) is 4.77 Å². The lowest BCUT2D eigenvalue weighted by Crippen LogP contribution is -1.97. The average Bonchev–Trinajstić information content (AvgIpc) is 2.72. The summed E-state index contributed by atoms with van der Waals surface area (Å²) >= 11 is 17.1. The van der Waals surface area contributed by atoms with E-state index < -0.39 is 0 Å². The molecule has 0 aliphatic carbocycles. The summed E-state index contributed by atoms with van der Waals surface area (Å²) in [5, 5.41) is 12.0. The summed E-state index contributed by atoms with van der Waals surface area (Å²) < 4.78 is 2.01. The van der Waals surface area contributed by atoms with E-state index in [0.29, 0.717) is 14.8 Å². The van der Waals surface area contributed by atoms with E-state index in [0.717, 1.165) is 17.8 Å². The molecule has 0 unspecified atom stereocenters. The van der Waals surface area contributed by atoms with Crippen molar-refractivity contribution in [3.05, 3.63) is 44.4 Å². The lowest BCUT2D eigenvalue weighted by Gasteiger charge is -2.00. The van der Waals surface area contributed by atoms with Crippen LogP contribution in [-0.2, 0) is 6.42 Å². The number of benzene rings is 1. The van der Waals surface area contributed by atoms with Gasteiger partial charge in [-0.1, -0.05) is 42.3 Å². The maximum Gasteiger partial charge on any atom is 0.216 e. The van der Waals surface area contributed by atoms with Crippen molar-refractivity contribution >= 4 is 41.6 Å². The number of aromatic amines is 1. The first-order chi connectivity index (χ1) is 8.63. The van der Waals surface area contributed by atoms with Gasteiger partial charge in [-0.2, -0.15) is 14.9 Å².